The summed E-state index contributed by atoms with van der Waals surface area (Å²) in [6, 6.07) is 7.93. The van der Waals surface area contributed by atoms with Crippen molar-refractivity contribution in [2.24, 2.45) is 48.7 Å². The monoisotopic (exact) mass is 745 g/mol. The molecule has 0 spiro atoms. The quantitative estimate of drug-likeness (QED) is 0.110. The summed E-state index contributed by atoms with van der Waals surface area (Å²) in [6.45, 7) is 72.3. The molecule has 1 aromatic carbocycles. The average Bonchev–Trinajstić information content (AvgIpc) is 2.98. The van der Waals surface area contributed by atoms with Gasteiger partial charge in [0, 0.05) is 0 Å². The lowest BCUT2D eigenvalue weighted by Crippen LogP contribution is -2.47. The summed E-state index contributed by atoms with van der Waals surface area (Å²) in [5.41, 5.74) is 4.90. The molecule has 0 radical (unpaired) electrons. The lowest BCUT2D eigenvalue weighted by Gasteiger charge is -2.54. The van der Waals surface area contributed by atoms with Crippen LogP contribution in [0.1, 0.15) is 221 Å². The molecule has 1 atom stereocenters. The van der Waals surface area contributed by atoms with Gasteiger partial charge in [0.1, 0.15) is 0 Å². The molecule has 54 heavy (non-hydrogen) atoms. The summed E-state index contributed by atoms with van der Waals surface area (Å²) >= 11 is 0. The zero-order valence-electron chi connectivity index (χ0n) is 41.3. The van der Waals surface area contributed by atoms with E-state index in [1.807, 2.05) is 0 Å². The van der Waals surface area contributed by atoms with Gasteiger partial charge in [-0.1, -0.05) is 203 Å². The highest BCUT2D eigenvalue weighted by molar-refractivity contribution is 5.43. The molecule has 0 N–H and O–H groups in total. The Morgan fingerprint density at radius 3 is 0.981 bits per heavy atom. The Bertz CT molecular complexity index is 1450. The first-order chi connectivity index (χ1) is 23.7. The average molecular weight is 745 g/mol. The smallest absolute Gasteiger partial charge is 0.00495 e. The maximum atomic E-state index is 4.27. The van der Waals surface area contributed by atoms with Crippen molar-refractivity contribution in [1.82, 2.24) is 0 Å². The highest BCUT2D eigenvalue weighted by atomic mass is 14.6. The zero-order valence-corrected chi connectivity index (χ0v) is 41.3. The topological polar surface area (TPSA) is 0 Å². The predicted molar refractivity (Wildman–Crippen MR) is 248 cm³/mol. The van der Waals surface area contributed by atoms with Crippen LogP contribution in [0.15, 0.2) is 56.2 Å². The fraction of sp³-hybridized carbons (Fsp3) is 0.778. The molecule has 0 aliphatic rings. The molecule has 0 fully saturated rings. The molecular weight excluding hydrogens is 649 g/mol. The fourth-order valence-corrected chi connectivity index (χ4v) is 9.51. The van der Waals surface area contributed by atoms with Crippen molar-refractivity contribution in [2.45, 2.75) is 221 Å². The maximum absolute atomic E-state index is 4.27. The standard InChI is InChI=1S/C54H96/c1-28-32-44(7,8)47(13,14)38-50(19,20)52(23,24)41-34-40(51(21,22)49(17,18)37-46(11,12)43(5,6)30-3)35-42(36-41)53(25,26)54(27,31-4)39-48(15,16)45(9,10)33-29-2/h28-30,34-36H,1-3,31-33,37-39H2,4-27H3. The van der Waals surface area contributed by atoms with Crippen LogP contribution in [0, 0.1) is 48.7 Å². The molecule has 0 nitrogen and oxygen atoms in total. The minimum absolute atomic E-state index is 0.0118. The van der Waals surface area contributed by atoms with E-state index >= 15 is 0 Å². The molecule has 0 saturated heterocycles. The minimum atomic E-state index is -0.0956. The summed E-state index contributed by atoms with van der Waals surface area (Å²) in [6.07, 6.45) is 12.9. The fourth-order valence-electron chi connectivity index (χ4n) is 9.51. The van der Waals surface area contributed by atoms with E-state index in [-0.39, 0.29) is 65.0 Å². The molecule has 0 heterocycles. The lowest BCUT2D eigenvalue weighted by molar-refractivity contribution is 0.0114. The van der Waals surface area contributed by atoms with Crippen molar-refractivity contribution in [3.05, 3.63) is 72.9 Å². The first kappa shape index (κ1) is 50.5. The van der Waals surface area contributed by atoms with Gasteiger partial charge in [-0.05, 0) is 120 Å². The van der Waals surface area contributed by atoms with E-state index in [2.05, 4.69) is 222 Å². The Morgan fingerprint density at radius 2 is 0.685 bits per heavy atom. The number of rotatable bonds is 21. The Labute approximate surface area is 341 Å². The summed E-state index contributed by atoms with van der Waals surface area (Å²) in [7, 11) is 0. The summed E-state index contributed by atoms with van der Waals surface area (Å²) in [4.78, 5) is 0. The van der Waals surface area contributed by atoms with Crippen LogP contribution in [0.2, 0.25) is 0 Å². The summed E-state index contributed by atoms with van der Waals surface area (Å²) in [5, 5.41) is 0. The maximum Gasteiger partial charge on any atom is -0.00495 e. The highest BCUT2D eigenvalue weighted by Gasteiger charge is 2.52. The SMILES string of the molecule is C=CCC(C)(C)C(C)(C)CC(C)(C)C(C)(C)c1cc(C(C)(C)C(C)(C)CC(C)(C)C(C)(C)C=C)cc(C(C)(C)C(C)(CC)CC(C)(C)C(C)(C)CC=C)c1. The van der Waals surface area contributed by atoms with E-state index in [9.17, 15) is 0 Å². The molecule has 1 unspecified atom stereocenters. The van der Waals surface area contributed by atoms with Gasteiger partial charge >= 0.3 is 0 Å². The molecule has 0 heteroatoms. The number of hydrogen-bond acceptors (Lipinski definition) is 0. The van der Waals surface area contributed by atoms with Gasteiger partial charge in [-0.15, -0.1) is 19.7 Å². The van der Waals surface area contributed by atoms with Gasteiger partial charge < -0.3 is 0 Å². The third kappa shape index (κ3) is 9.41. The Hall–Kier alpha value is -1.56. The molecule has 0 bridgehead atoms. The van der Waals surface area contributed by atoms with Crippen molar-refractivity contribution in [1.29, 1.82) is 0 Å². The van der Waals surface area contributed by atoms with E-state index < -0.39 is 0 Å². The van der Waals surface area contributed by atoms with E-state index in [0.717, 1.165) is 38.5 Å². The van der Waals surface area contributed by atoms with Gasteiger partial charge in [0.15, 0.2) is 0 Å². The molecule has 1 aromatic rings. The van der Waals surface area contributed by atoms with Crippen LogP contribution >= 0.6 is 0 Å². The van der Waals surface area contributed by atoms with E-state index in [4.69, 9.17) is 0 Å². The first-order valence-electron chi connectivity index (χ1n) is 21.7. The van der Waals surface area contributed by atoms with E-state index in [1.165, 1.54) is 16.7 Å². The van der Waals surface area contributed by atoms with Gasteiger partial charge in [0.25, 0.3) is 0 Å². The van der Waals surface area contributed by atoms with Gasteiger partial charge in [-0.2, -0.15) is 0 Å². The summed E-state index contributed by atoms with van der Waals surface area (Å²) in [5.74, 6) is 0. The molecule has 0 aromatic heterocycles. The number of allylic oxidation sites excluding steroid dienone is 3. The lowest BCUT2D eigenvalue weighted by atomic mass is 9.50. The van der Waals surface area contributed by atoms with Crippen molar-refractivity contribution < 1.29 is 0 Å². The number of benzene rings is 1. The molecule has 0 aliphatic carbocycles. The van der Waals surface area contributed by atoms with Crippen LogP contribution in [-0.2, 0) is 16.2 Å². The predicted octanol–water partition coefficient (Wildman–Crippen LogP) is 17.7. The van der Waals surface area contributed by atoms with Crippen LogP contribution in [0.3, 0.4) is 0 Å². The second-order valence-electron chi connectivity index (χ2n) is 25.2. The van der Waals surface area contributed by atoms with E-state index in [0.29, 0.717) is 0 Å². The molecule has 0 amide bonds. The Balaban J connectivity index is 4.31. The van der Waals surface area contributed by atoms with Crippen molar-refractivity contribution in [2.75, 3.05) is 0 Å². The zero-order chi connectivity index (χ0) is 43.2. The van der Waals surface area contributed by atoms with Crippen molar-refractivity contribution in [3.63, 3.8) is 0 Å². The van der Waals surface area contributed by atoms with Crippen LogP contribution in [0.5, 0.6) is 0 Å². The molecular formula is C54H96. The van der Waals surface area contributed by atoms with Crippen LogP contribution in [0.4, 0.5) is 0 Å². The van der Waals surface area contributed by atoms with Gasteiger partial charge in [0.05, 0.1) is 0 Å². The summed E-state index contributed by atoms with van der Waals surface area (Å²) < 4.78 is 0. The van der Waals surface area contributed by atoms with Crippen LogP contribution in [-0.4, -0.2) is 0 Å². The normalized spacial score (nSPS) is 16.2. The van der Waals surface area contributed by atoms with Crippen molar-refractivity contribution in [3.8, 4) is 0 Å². The molecule has 0 aliphatic heterocycles. The van der Waals surface area contributed by atoms with Gasteiger partial charge in [0.2, 0.25) is 0 Å². The van der Waals surface area contributed by atoms with Crippen LogP contribution < -0.4 is 0 Å². The molecule has 0 saturated carbocycles. The van der Waals surface area contributed by atoms with E-state index in [1.54, 1.807) is 0 Å². The van der Waals surface area contributed by atoms with Gasteiger partial charge in [-0.3, -0.25) is 0 Å². The molecule has 312 valence electrons. The first-order valence-corrected chi connectivity index (χ1v) is 21.7. The number of hydrogen-bond donors (Lipinski definition) is 0. The Kier molecular flexibility index (Phi) is 14.6. The second-order valence-corrected chi connectivity index (χ2v) is 25.2. The van der Waals surface area contributed by atoms with Crippen molar-refractivity contribution >= 4 is 0 Å². The van der Waals surface area contributed by atoms with Gasteiger partial charge in [-0.25, -0.2) is 0 Å². The minimum Gasteiger partial charge on any atom is -0.103 e. The Morgan fingerprint density at radius 1 is 0.389 bits per heavy atom. The second kappa shape index (κ2) is 15.7. The van der Waals surface area contributed by atoms with Crippen LogP contribution in [0.25, 0.3) is 0 Å². The largest absolute Gasteiger partial charge is 0.103 e. The highest BCUT2D eigenvalue weighted by Crippen LogP contribution is 2.60. The molecule has 1 rings (SSSR count). The third-order valence-electron chi connectivity index (χ3n) is 18.6. The third-order valence-corrected chi connectivity index (χ3v) is 18.6.